The van der Waals surface area contributed by atoms with Crippen molar-refractivity contribution in [3.05, 3.63) is 51.3 Å². The average molecular weight is 310 g/mol. The molecule has 0 aliphatic carbocycles. The maximum atomic E-state index is 7.64. The molecule has 1 aromatic heterocycles. The molecule has 0 unspecified atom stereocenters. The summed E-state index contributed by atoms with van der Waals surface area (Å²) in [7, 11) is 0. The fourth-order valence-corrected chi connectivity index (χ4v) is 2.42. The monoisotopic (exact) mass is 309 g/mol. The van der Waals surface area contributed by atoms with E-state index in [2.05, 4.69) is 4.98 Å². The predicted molar refractivity (Wildman–Crippen MR) is 81.3 cm³/mol. The summed E-state index contributed by atoms with van der Waals surface area (Å²) in [5, 5.41) is 8.59. The van der Waals surface area contributed by atoms with Crippen LogP contribution >= 0.6 is 23.2 Å². The molecule has 0 amide bonds. The summed E-state index contributed by atoms with van der Waals surface area (Å²) < 4.78 is 5.76. The number of hydrogen-bond acceptors (Lipinski definition) is 3. The topological polar surface area (TPSA) is 72.0 Å². The van der Waals surface area contributed by atoms with Gasteiger partial charge in [-0.1, -0.05) is 23.2 Å². The number of pyridine rings is 1. The van der Waals surface area contributed by atoms with E-state index in [1.54, 1.807) is 31.2 Å². The molecule has 104 valence electrons. The van der Waals surface area contributed by atoms with Crippen molar-refractivity contribution < 1.29 is 4.74 Å². The van der Waals surface area contributed by atoms with Gasteiger partial charge in [0.05, 0.1) is 11.3 Å². The zero-order valence-electron chi connectivity index (χ0n) is 11.0. The van der Waals surface area contributed by atoms with Gasteiger partial charge in [-0.15, -0.1) is 0 Å². The Kier molecular flexibility index (Phi) is 4.16. The Hall–Kier alpha value is -1.78. The minimum atomic E-state index is -0.0990. The number of hydrogen-bond donors (Lipinski definition) is 2. The number of nitrogens with one attached hydrogen (secondary N) is 1. The van der Waals surface area contributed by atoms with E-state index >= 15 is 0 Å². The van der Waals surface area contributed by atoms with Crippen LogP contribution in [-0.4, -0.2) is 10.8 Å². The van der Waals surface area contributed by atoms with Crippen LogP contribution < -0.4 is 10.5 Å². The molecule has 0 radical (unpaired) electrons. The fraction of sp³-hybridized carbons (Fsp3) is 0.143. The molecule has 0 saturated heterocycles. The number of amidine groups is 1. The molecule has 0 spiro atoms. The largest absolute Gasteiger partial charge is 0.456 e. The van der Waals surface area contributed by atoms with Crippen LogP contribution in [0.3, 0.4) is 0 Å². The number of aromatic nitrogens is 1. The van der Waals surface area contributed by atoms with Crippen LogP contribution in [-0.2, 0) is 0 Å². The third-order valence-corrected chi connectivity index (χ3v) is 3.06. The Morgan fingerprint density at radius 2 is 1.75 bits per heavy atom. The van der Waals surface area contributed by atoms with Crippen LogP contribution in [0.15, 0.2) is 24.3 Å². The molecule has 2 rings (SSSR count). The molecule has 4 nitrogen and oxygen atoms in total. The first kappa shape index (κ1) is 14.6. The standard InChI is InChI=1S/C14H13Cl2N3O/c1-7-3-12(13(14(17)18)8(2)19-7)20-11-5-9(15)4-10(16)6-11/h3-6H,1-2H3,(H3,17,18). The Labute approximate surface area is 127 Å². The molecular weight excluding hydrogens is 297 g/mol. The maximum absolute atomic E-state index is 7.64. The summed E-state index contributed by atoms with van der Waals surface area (Å²) in [6, 6.07) is 6.62. The van der Waals surface area contributed by atoms with E-state index in [1.165, 1.54) is 0 Å². The third kappa shape index (κ3) is 3.21. The Morgan fingerprint density at radius 1 is 1.15 bits per heavy atom. The first-order valence-electron chi connectivity index (χ1n) is 5.83. The second kappa shape index (κ2) is 5.69. The van der Waals surface area contributed by atoms with Gasteiger partial charge in [0.25, 0.3) is 0 Å². The van der Waals surface area contributed by atoms with Gasteiger partial charge in [0, 0.05) is 21.8 Å². The van der Waals surface area contributed by atoms with Crippen molar-refractivity contribution in [3.63, 3.8) is 0 Å². The van der Waals surface area contributed by atoms with E-state index in [0.717, 1.165) is 5.69 Å². The quantitative estimate of drug-likeness (QED) is 0.662. The predicted octanol–water partition coefficient (Wildman–Crippen LogP) is 4.08. The molecule has 0 fully saturated rings. The van der Waals surface area contributed by atoms with Crippen molar-refractivity contribution in [2.24, 2.45) is 5.73 Å². The van der Waals surface area contributed by atoms with E-state index in [0.29, 0.717) is 32.8 Å². The van der Waals surface area contributed by atoms with Crippen LogP contribution in [0.4, 0.5) is 0 Å². The fourth-order valence-electron chi connectivity index (χ4n) is 1.92. The van der Waals surface area contributed by atoms with E-state index < -0.39 is 0 Å². The number of ether oxygens (including phenoxy) is 1. The molecule has 20 heavy (non-hydrogen) atoms. The molecule has 6 heteroatoms. The SMILES string of the molecule is Cc1cc(Oc2cc(Cl)cc(Cl)c2)c(C(=N)N)c(C)n1. The smallest absolute Gasteiger partial charge is 0.141 e. The second-order valence-corrected chi connectivity index (χ2v) is 5.22. The highest BCUT2D eigenvalue weighted by atomic mass is 35.5. The highest BCUT2D eigenvalue weighted by Gasteiger charge is 2.14. The first-order valence-corrected chi connectivity index (χ1v) is 6.59. The zero-order valence-corrected chi connectivity index (χ0v) is 12.5. The van der Waals surface area contributed by atoms with Gasteiger partial charge in [0.1, 0.15) is 17.3 Å². The van der Waals surface area contributed by atoms with E-state index in [9.17, 15) is 0 Å². The van der Waals surface area contributed by atoms with Crippen LogP contribution in [0.25, 0.3) is 0 Å². The van der Waals surface area contributed by atoms with Crippen molar-refractivity contribution in [3.8, 4) is 11.5 Å². The molecule has 0 aliphatic rings. The van der Waals surface area contributed by atoms with Crippen LogP contribution in [0, 0.1) is 19.3 Å². The van der Waals surface area contributed by atoms with Gasteiger partial charge in [-0.3, -0.25) is 10.4 Å². The van der Waals surface area contributed by atoms with Gasteiger partial charge in [0.15, 0.2) is 0 Å². The van der Waals surface area contributed by atoms with Gasteiger partial charge in [-0.2, -0.15) is 0 Å². The summed E-state index contributed by atoms with van der Waals surface area (Å²) in [5.41, 5.74) is 7.47. The molecule has 2 aromatic rings. The summed E-state index contributed by atoms with van der Waals surface area (Å²) >= 11 is 11.9. The minimum Gasteiger partial charge on any atom is -0.456 e. The molecule has 1 heterocycles. The van der Waals surface area contributed by atoms with Crippen LogP contribution in [0.5, 0.6) is 11.5 Å². The van der Waals surface area contributed by atoms with Gasteiger partial charge >= 0.3 is 0 Å². The summed E-state index contributed by atoms with van der Waals surface area (Å²) in [6.45, 7) is 3.62. The lowest BCUT2D eigenvalue weighted by Crippen LogP contribution is -2.15. The second-order valence-electron chi connectivity index (χ2n) is 4.34. The van der Waals surface area contributed by atoms with E-state index in [-0.39, 0.29) is 5.84 Å². The van der Waals surface area contributed by atoms with Gasteiger partial charge in [-0.25, -0.2) is 0 Å². The van der Waals surface area contributed by atoms with Gasteiger partial charge in [-0.05, 0) is 32.0 Å². The highest BCUT2D eigenvalue weighted by Crippen LogP contribution is 2.31. The maximum Gasteiger partial charge on any atom is 0.141 e. The van der Waals surface area contributed by atoms with Crippen molar-refractivity contribution in [1.29, 1.82) is 5.41 Å². The normalized spacial score (nSPS) is 10.4. The molecule has 3 N–H and O–H groups in total. The Bertz CT molecular complexity index is 666. The number of halogens is 2. The summed E-state index contributed by atoms with van der Waals surface area (Å²) in [6.07, 6.45) is 0. The molecule has 0 bridgehead atoms. The average Bonchev–Trinajstić information content (AvgIpc) is 2.25. The van der Waals surface area contributed by atoms with Crippen LogP contribution in [0.1, 0.15) is 17.0 Å². The number of rotatable bonds is 3. The van der Waals surface area contributed by atoms with Gasteiger partial charge in [0.2, 0.25) is 0 Å². The highest BCUT2D eigenvalue weighted by molar-refractivity contribution is 6.34. The number of aryl methyl sites for hydroxylation is 2. The third-order valence-electron chi connectivity index (χ3n) is 2.63. The van der Waals surface area contributed by atoms with Crippen molar-refractivity contribution in [1.82, 2.24) is 4.98 Å². The summed E-state index contributed by atoms with van der Waals surface area (Å²) in [5.74, 6) is 0.842. The van der Waals surface area contributed by atoms with E-state index in [1.807, 2.05) is 6.92 Å². The molecule has 0 aliphatic heterocycles. The van der Waals surface area contributed by atoms with E-state index in [4.69, 9.17) is 39.1 Å². The number of nitrogens with zero attached hydrogens (tertiary/aromatic N) is 1. The number of nitrogen functional groups attached to an aromatic ring is 1. The molecule has 1 aromatic carbocycles. The minimum absolute atomic E-state index is 0.0990. The molecular formula is C14H13Cl2N3O. The van der Waals surface area contributed by atoms with Gasteiger partial charge < -0.3 is 10.5 Å². The van der Waals surface area contributed by atoms with Crippen molar-refractivity contribution in [2.75, 3.05) is 0 Å². The Balaban J connectivity index is 2.49. The lowest BCUT2D eigenvalue weighted by Gasteiger charge is -2.13. The first-order chi connectivity index (χ1) is 9.36. The van der Waals surface area contributed by atoms with Crippen molar-refractivity contribution in [2.45, 2.75) is 13.8 Å². The lowest BCUT2D eigenvalue weighted by atomic mass is 10.1. The lowest BCUT2D eigenvalue weighted by molar-refractivity contribution is 0.479. The van der Waals surface area contributed by atoms with Crippen molar-refractivity contribution >= 4 is 29.0 Å². The molecule has 0 saturated carbocycles. The zero-order chi connectivity index (χ0) is 14.9. The number of benzene rings is 1. The Morgan fingerprint density at radius 3 is 2.30 bits per heavy atom. The van der Waals surface area contributed by atoms with Crippen LogP contribution in [0.2, 0.25) is 10.0 Å². The summed E-state index contributed by atoms with van der Waals surface area (Å²) in [4.78, 5) is 4.28. The number of nitrogens with two attached hydrogens (primary N) is 1. The molecule has 0 atom stereocenters.